The Labute approximate surface area is 108 Å². The Morgan fingerprint density at radius 3 is 2.50 bits per heavy atom. The van der Waals surface area contributed by atoms with Crippen LogP contribution in [0.1, 0.15) is 12.5 Å². The monoisotopic (exact) mass is 254 g/mol. The quantitative estimate of drug-likeness (QED) is 0.645. The number of benzene rings is 1. The number of hydrogen-bond donors (Lipinski definition) is 1. The van der Waals surface area contributed by atoms with Crippen LogP contribution in [0.2, 0.25) is 0 Å². The molecule has 102 valence electrons. The normalized spacial score (nSPS) is 12.6. The zero-order valence-corrected chi connectivity index (χ0v) is 10.9. The van der Waals surface area contributed by atoms with Crippen LogP contribution in [0.5, 0.6) is 0 Å². The third kappa shape index (κ3) is 6.71. The molecule has 0 aliphatic carbocycles. The van der Waals surface area contributed by atoms with Crippen molar-refractivity contribution in [1.82, 2.24) is 0 Å². The number of rotatable bonds is 10. The highest BCUT2D eigenvalue weighted by Gasteiger charge is 2.09. The zero-order valence-electron chi connectivity index (χ0n) is 10.9. The summed E-state index contributed by atoms with van der Waals surface area (Å²) in [6.07, 6.45) is -0.100. The average molecular weight is 254 g/mol. The lowest BCUT2D eigenvalue weighted by atomic mass is 10.2. The van der Waals surface area contributed by atoms with Gasteiger partial charge >= 0.3 is 0 Å². The molecule has 0 radical (unpaired) electrons. The van der Waals surface area contributed by atoms with E-state index in [1.54, 1.807) is 0 Å². The highest BCUT2D eigenvalue weighted by molar-refractivity contribution is 5.13. The number of aliphatic hydroxyl groups excluding tert-OH is 1. The van der Waals surface area contributed by atoms with E-state index in [0.717, 1.165) is 5.56 Å². The van der Waals surface area contributed by atoms with Gasteiger partial charge in [-0.3, -0.25) is 0 Å². The predicted molar refractivity (Wildman–Crippen MR) is 69.4 cm³/mol. The largest absolute Gasteiger partial charge is 0.394 e. The Hall–Kier alpha value is -0.940. The summed E-state index contributed by atoms with van der Waals surface area (Å²) in [4.78, 5) is 0. The molecule has 1 N–H and O–H groups in total. The van der Waals surface area contributed by atoms with E-state index in [2.05, 4.69) is 0 Å². The molecule has 0 saturated carbocycles. The van der Waals surface area contributed by atoms with Gasteiger partial charge < -0.3 is 19.3 Å². The van der Waals surface area contributed by atoms with Crippen molar-refractivity contribution in [3.63, 3.8) is 0 Å². The van der Waals surface area contributed by atoms with Crippen LogP contribution < -0.4 is 0 Å². The fourth-order valence-corrected chi connectivity index (χ4v) is 1.46. The molecule has 0 aromatic heterocycles. The summed E-state index contributed by atoms with van der Waals surface area (Å²) in [6.45, 7) is 4.45. The van der Waals surface area contributed by atoms with Gasteiger partial charge in [0.2, 0.25) is 0 Å². The van der Waals surface area contributed by atoms with Crippen LogP contribution in [0.15, 0.2) is 30.3 Å². The van der Waals surface area contributed by atoms with Crippen LogP contribution in [-0.2, 0) is 20.8 Å². The second kappa shape index (κ2) is 10.0. The molecule has 0 fully saturated rings. The molecule has 0 bridgehead atoms. The molecular weight excluding hydrogens is 232 g/mol. The van der Waals surface area contributed by atoms with Crippen LogP contribution >= 0.6 is 0 Å². The Balaban J connectivity index is 2.30. The van der Waals surface area contributed by atoms with Crippen LogP contribution in [0.4, 0.5) is 0 Å². The lowest BCUT2D eigenvalue weighted by molar-refractivity contribution is -0.0684. The maximum atomic E-state index is 8.67. The van der Waals surface area contributed by atoms with E-state index in [1.807, 2.05) is 37.3 Å². The van der Waals surface area contributed by atoms with E-state index in [4.69, 9.17) is 19.3 Å². The van der Waals surface area contributed by atoms with Crippen LogP contribution in [-0.4, -0.2) is 44.2 Å². The number of hydrogen-bond acceptors (Lipinski definition) is 4. The Kier molecular flexibility index (Phi) is 8.42. The van der Waals surface area contributed by atoms with E-state index < -0.39 is 0 Å². The molecule has 0 aliphatic rings. The van der Waals surface area contributed by atoms with E-state index >= 15 is 0 Å². The minimum atomic E-state index is -0.100. The first-order valence-corrected chi connectivity index (χ1v) is 6.28. The molecule has 1 aromatic carbocycles. The van der Waals surface area contributed by atoms with Gasteiger partial charge in [-0.1, -0.05) is 30.3 Å². The summed E-state index contributed by atoms with van der Waals surface area (Å²) in [5, 5.41) is 8.67. The highest BCUT2D eigenvalue weighted by Crippen LogP contribution is 2.04. The molecule has 0 amide bonds. The van der Waals surface area contributed by atoms with Crippen molar-refractivity contribution in [2.45, 2.75) is 19.6 Å². The second-order valence-electron chi connectivity index (χ2n) is 3.88. The number of aliphatic hydroxyl groups is 1. The van der Waals surface area contributed by atoms with E-state index in [0.29, 0.717) is 33.0 Å². The SMILES string of the molecule is CCOCC(COCCO)OCc1ccccc1. The molecule has 1 atom stereocenters. The van der Waals surface area contributed by atoms with E-state index in [-0.39, 0.29) is 12.7 Å². The van der Waals surface area contributed by atoms with E-state index in [1.165, 1.54) is 0 Å². The van der Waals surface area contributed by atoms with Gasteiger partial charge in [-0.15, -0.1) is 0 Å². The summed E-state index contributed by atoms with van der Waals surface area (Å²) in [7, 11) is 0. The second-order valence-corrected chi connectivity index (χ2v) is 3.88. The van der Waals surface area contributed by atoms with Crippen molar-refractivity contribution in [3.8, 4) is 0 Å². The first-order valence-electron chi connectivity index (χ1n) is 6.28. The van der Waals surface area contributed by atoms with Gasteiger partial charge in [0, 0.05) is 6.61 Å². The van der Waals surface area contributed by atoms with Crippen molar-refractivity contribution in [1.29, 1.82) is 0 Å². The van der Waals surface area contributed by atoms with Gasteiger partial charge in [0.05, 0.1) is 33.0 Å². The van der Waals surface area contributed by atoms with Crippen LogP contribution in [0.25, 0.3) is 0 Å². The Bertz CT molecular complexity index is 289. The van der Waals surface area contributed by atoms with Crippen molar-refractivity contribution in [2.24, 2.45) is 0 Å². The molecule has 1 unspecified atom stereocenters. The maximum absolute atomic E-state index is 8.67. The summed E-state index contributed by atoms with van der Waals surface area (Å²) in [5.74, 6) is 0. The topological polar surface area (TPSA) is 47.9 Å². The standard InChI is InChI=1S/C14H22O4/c1-2-16-11-14(12-17-9-8-15)18-10-13-6-4-3-5-7-13/h3-7,14-15H,2,8-12H2,1H3. The molecule has 0 saturated heterocycles. The van der Waals surface area contributed by atoms with Crippen LogP contribution in [0, 0.1) is 0 Å². The summed E-state index contributed by atoms with van der Waals surface area (Å²) >= 11 is 0. The lowest BCUT2D eigenvalue weighted by Gasteiger charge is -2.17. The zero-order chi connectivity index (χ0) is 13.1. The predicted octanol–water partition coefficient (Wildman–Crippen LogP) is 1.62. The first-order chi connectivity index (χ1) is 8.86. The average Bonchev–Trinajstić information content (AvgIpc) is 2.42. The third-order valence-corrected chi connectivity index (χ3v) is 2.38. The molecule has 0 heterocycles. The maximum Gasteiger partial charge on any atom is 0.105 e. The molecule has 1 aromatic rings. The van der Waals surface area contributed by atoms with Crippen molar-refractivity contribution in [3.05, 3.63) is 35.9 Å². The molecule has 0 aliphatic heterocycles. The minimum Gasteiger partial charge on any atom is -0.394 e. The van der Waals surface area contributed by atoms with Crippen molar-refractivity contribution in [2.75, 3.05) is 33.0 Å². The van der Waals surface area contributed by atoms with Gasteiger partial charge in [0.15, 0.2) is 0 Å². The van der Waals surface area contributed by atoms with Gasteiger partial charge in [0.1, 0.15) is 6.10 Å². The molecule has 0 spiro atoms. The molecule has 1 rings (SSSR count). The summed E-state index contributed by atoms with van der Waals surface area (Å²) in [5.41, 5.74) is 1.13. The van der Waals surface area contributed by atoms with Crippen LogP contribution in [0.3, 0.4) is 0 Å². The van der Waals surface area contributed by atoms with Gasteiger partial charge in [0.25, 0.3) is 0 Å². The Morgan fingerprint density at radius 1 is 1.11 bits per heavy atom. The van der Waals surface area contributed by atoms with Crippen molar-refractivity contribution >= 4 is 0 Å². The smallest absolute Gasteiger partial charge is 0.105 e. The summed E-state index contributed by atoms with van der Waals surface area (Å²) in [6, 6.07) is 9.99. The van der Waals surface area contributed by atoms with Gasteiger partial charge in [-0.2, -0.15) is 0 Å². The van der Waals surface area contributed by atoms with Gasteiger partial charge in [-0.05, 0) is 12.5 Å². The highest BCUT2D eigenvalue weighted by atomic mass is 16.6. The lowest BCUT2D eigenvalue weighted by Crippen LogP contribution is -2.26. The fraction of sp³-hybridized carbons (Fsp3) is 0.571. The number of ether oxygens (including phenoxy) is 3. The first kappa shape index (κ1) is 15.1. The van der Waals surface area contributed by atoms with Crippen molar-refractivity contribution < 1.29 is 19.3 Å². The summed E-state index contributed by atoms with van der Waals surface area (Å²) < 4.78 is 16.4. The Morgan fingerprint density at radius 2 is 1.83 bits per heavy atom. The van der Waals surface area contributed by atoms with Gasteiger partial charge in [-0.25, -0.2) is 0 Å². The molecule has 18 heavy (non-hydrogen) atoms. The fourth-order valence-electron chi connectivity index (χ4n) is 1.46. The van der Waals surface area contributed by atoms with E-state index in [9.17, 15) is 0 Å². The molecule has 4 nitrogen and oxygen atoms in total. The molecular formula is C14H22O4. The molecule has 4 heteroatoms. The third-order valence-electron chi connectivity index (χ3n) is 2.38. The minimum absolute atomic E-state index is 0.0278.